The van der Waals surface area contributed by atoms with Crippen LogP contribution in [0.25, 0.3) is 0 Å². The topological polar surface area (TPSA) is 49.8 Å². The summed E-state index contributed by atoms with van der Waals surface area (Å²) < 4.78 is 6.16. The lowest BCUT2D eigenvalue weighted by molar-refractivity contribution is -0.137. The molecule has 0 amide bonds. The molecule has 0 aliphatic heterocycles. The van der Waals surface area contributed by atoms with Crippen molar-refractivity contribution in [3.05, 3.63) is 34.3 Å². The van der Waals surface area contributed by atoms with Gasteiger partial charge in [0.25, 0.3) is 5.17 Å². The smallest absolute Gasteiger partial charge is 0.323 e. The number of nitrogens with zero attached hydrogens (tertiary/aromatic N) is 1. The number of halogens is 1. The molecule has 0 aromatic heterocycles. The quantitative estimate of drug-likeness (QED) is 0.840. The molecule has 0 radical (unpaired) electrons. The van der Waals surface area contributed by atoms with Gasteiger partial charge in [-0.25, -0.2) is 0 Å². The summed E-state index contributed by atoms with van der Waals surface area (Å²) in [4.78, 5) is 12.3. The lowest BCUT2D eigenvalue weighted by Gasteiger charge is -2.22. The van der Waals surface area contributed by atoms with Crippen molar-refractivity contribution in [2.75, 3.05) is 13.2 Å². The van der Waals surface area contributed by atoms with E-state index in [1.807, 2.05) is 31.2 Å². The maximum Gasteiger partial charge on any atom is 0.323 e. The third-order valence-corrected chi connectivity index (χ3v) is 3.04. The van der Waals surface area contributed by atoms with Gasteiger partial charge in [-0.3, -0.25) is 4.79 Å². The average Bonchev–Trinajstić information content (AvgIpc) is 2.31. The number of carboxylic acids is 1. The first-order chi connectivity index (χ1) is 8.52. The number of ether oxygens (including phenoxy) is 1. The van der Waals surface area contributed by atoms with Crippen LogP contribution < -0.4 is 0 Å². The number of hydrogen-bond donors (Lipinski definition) is 1. The van der Waals surface area contributed by atoms with E-state index in [-0.39, 0.29) is 11.7 Å². The van der Waals surface area contributed by atoms with Crippen LogP contribution in [0.2, 0.25) is 0 Å². The molecule has 1 N–H and O–H groups in total. The number of thiocarbonyl (C=S) groups is 1. The molecule has 1 rings (SSSR count). The zero-order valence-corrected chi connectivity index (χ0v) is 12.3. The van der Waals surface area contributed by atoms with Crippen LogP contribution in [0.4, 0.5) is 0 Å². The fourth-order valence-corrected chi connectivity index (χ4v) is 1.88. The summed E-state index contributed by atoms with van der Waals surface area (Å²) in [6.45, 7) is 2.48. The standard InChI is InChI=1S/C12H14BrNO3S/c1-2-17-12(18)14(8-11(15)16)7-9-3-5-10(13)6-4-9/h3-6H,2,7-8H2,1H3,(H,15,16). The first kappa shape index (κ1) is 14.9. The number of aliphatic carboxylic acids is 1. The molecule has 0 aliphatic carbocycles. The predicted molar refractivity (Wildman–Crippen MR) is 76.4 cm³/mol. The maximum absolute atomic E-state index is 10.8. The van der Waals surface area contributed by atoms with Gasteiger partial charge in [0.2, 0.25) is 0 Å². The Morgan fingerprint density at radius 2 is 2.06 bits per heavy atom. The summed E-state index contributed by atoms with van der Waals surface area (Å²) in [5, 5.41) is 9.07. The second-order valence-corrected chi connectivity index (χ2v) is 4.84. The highest BCUT2D eigenvalue weighted by molar-refractivity contribution is 9.10. The fraction of sp³-hybridized carbons (Fsp3) is 0.333. The van der Waals surface area contributed by atoms with E-state index in [1.54, 1.807) is 0 Å². The van der Waals surface area contributed by atoms with Crippen LogP contribution in [0.15, 0.2) is 28.7 Å². The summed E-state index contributed by atoms with van der Waals surface area (Å²) in [6.07, 6.45) is 0. The number of hydrogen-bond acceptors (Lipinski definition) is 3. The van der Waals surface area contributed by atoms with E-state index in [2.05, 4.69) is 15.9 Å². The molecule has 0 fully saturated rings. The molecule has 0 saturated carbocycles. The summed E-state index contributed by atoms with van der Waals surface area (Å²) in [7, 11) is 0. The molecule has 0 spiro atoms. The van der Waals surface area contributed by atoms with Crippen molar-refractivity contribution in [1.82, 2.24) is 4.90 Å². The van der Waals surface area contributed by atoms with Crippen LogP contribution in [0.3, 0.4) is 0 Å². The largest absolute Gasteiger partial charge is 0.480 e. The van der Waals surface area contributed by atoms with Crippen LogP contribution >= 0.6 is 28.1 Å². The van der Waals surface area contributed by atoms with Gasteiger partial charge in [-0.2, -0.15) is 0 Å². The predicted octanol–water partition coefficient (Wildman–Crippen LogP) is 2.66. The van der Waals surface area contributed by atoms with E-state index in [4.69, 9.17) is 22.1 Å². The molecule has 1 aromatic carbocycles. The molecule has 0 unspecified atom stereocenters. The molecule has 0 heterocycles. The second-order valence-electron chi connectivity index (χ2n) is 3.58. The Bertz CT molecular complexity index is 422. The number of rotatable bonds is 5. The molecule has 0 aliphatic rings. The Hall–Kier alpha value is -1.14. The first-order valence-electron chi connectivity index (χ1n) is 5.41. The normalized spacial score (nSPS) is 9.89. The molecule has 6 heteroatoms. The molecule has 98 valence electrons. The number of carboxylic acid groups (broad SMARTS) is 1. The molecule has 0 atom stereocenters. The summed E-state index contributed by atoms with van der Waals surface area (Å²) in [5.41, 5.74) is 0.974. The lowest BCUT2D eigenvalue weighted by Crippen LogP contribution is -2.35. The van der Waals surface area contributed by atoms with E-state index < -0.39 is 5.97 Å². The number of carbonyl (C=O) groups is 1. The van der Waals surface area contributed by atoms with Gasteiger partial charge in [0.05, 0.1) is 6.61 Å². The summed E-state index contributed by atoms with van der Waals surface area (Å²) in [6, 6.07) is 7.62. The van der Waals surface area contributed by atoms with Crippen LogP contribution in [0.5, 0.6) is 0 Å². The van der Waals surface area contributed by atoms with Crippen molar-refractivity contribution < 1.29 is 14.6 Å². The van der Waals surface area contributed by atoms with E-state index in [1.165, 1.54) is 4.90 Å². The number of benzene rings is 1. The Kier molecular flexibility index (Phi) is 6.07. The summed E-state index contributed by atoms with van der Waals surface area (Å²) in [5.74, 6) is -0.936. The van der Waals surface area contributed by atoms with Crippen molar-refractivity contribution in [1.29, 1.82) is 0 Å². The van der Waals surface area contributed by atoms with Gasteiger partial charge in [0.1, 0.15) is 6.54 Å². The highest BCUT2D eigenvalue weighted by Gasteiger charge is 2.14. The molecule has 1 aromatic rings. The van der Waals surface area contributed by atoms with Gasteiger partial charge in [-0.05, 0) is 36.8 Å². The minimum atomic E-state index is -0.936. The van der Waals surface area contributed by atoms with Gasteiger partial charge in [-0.15, -0.1) is 0 Å². The van der Waals surface area contributed by atoms with Crippen molar-refractivity contribution in [2.24, 2.45) is 0 Å². The molecule has 0 bridgehead atoms. The molecular formula is C12H14BrNO3S. The monoisotopic (exact) mass is 331 g/mol. The van der Waals surface area contributed by atoms with Crippen molar-refractivity contribution in [2.45, 2.75) is 13.5 Å². The van der Waals surface area contributed by atoms with Gasteiger partial charge in [-0.1, -0.05) is 28.1 Å². The zero-order chi connectivity index (χ0) is 13.5. The Labute approximate surface area is 120 Å². The SMILES string of the molecule is CCOC(=S)N(CC(=O)O)Cc1ccc(Br)cc1. The maximum atomic E-state index is 10.8. The van der Waals surface area contributed by atoms with E-state index in [0.717, 1.165) is 10.0 Å². The highest BCUT2D eigenvalue weighted by atomic mass is 79.9. The Morgan fingerprint density at radius 3 is 2.56 bits per heavy atom. The van der Waals surface area contributed by atoms with Crippen LogP contribution in [-0.2, 0) is 16.1 Å². The van der Waals surface area contributed by atoms with E-state index >= 15 is 0 Å². The lowest BCUT2D eigenvalue weighted by atomic mass is 10.2. The highest BCUT2D eigenvalue weighted by Crippen LogP contribution is 2.12. The van der Waals surface area contributed by atoms with Gasteiger partial charge in [0.15, 0.2) is 0 Å². The van der Waals surface area contributed by atoms with Crippen molar-refractivity contribution in [3.63, 3.8) is 0 Å². The average molecular weight is 332 g/mol. The van der Waals surface area contributed by atoms with Gasteiger partial charge in [0, 0.05) is 11.0 Å². The van der Waals surface area contributed by atoms with Gasteiger partial charge < -0.3 is 14.7 Å². The van der Waals surface area contributed by atoms with Gasteiger partial charge >= 0.3 is 5.97 Å². The third-order valence-electron chi connectivity index (χ3n) is 2.14. The van der Waals surface area contributed by atoms with Crippen molar-refractivity contribution >= 4 is 39.3 Å². The van der Waals surface area contributed by atoms with Crippen LogP contribution in [0, 0.1) is 0 Å². The second kappa shape index (κ2) is 7.33. The fourth-order valence-electron chi connectivity index (χ4n) is 1.37. The molecule has 4 nitrogen and oxygen atoms in total. The van der Waals surface area contributed by atoms with E-state index in [9.17, 15) is 4.79 Å². The minimum Gasteiger partial charge on any atom is -0.480 e. The Balaban J connectivity index is 2.74. The van der Waals surface area contributed by atoms with E-state index in [0.29, 0.717) is 13.2 Å². The summed E-state index contributed by atoms with van der Waals surface area (Å²) >= 11 is 8.40. The molecular weight excluding hydrogens is 318 g/mol. The van der Waals surface area contributed by atoms with Crippen molar-refractivity contribution in [3.8, 4) is 0 Å². The molecule has 0 saturated heterocycles. The van der Waals surface area contributed by atoms with Crippen LogP contribution in [0.1, 0.15) is 12.5 Å². The minimum absolute atomic E-state index is 0.172. The first-order valence-corrected chi connectivity index (χ1v) is 6.61. The van der Waals surface area contributed by atoms with Crippen LogP contribution in [-0.4, -0.2) is 34.3 Å². The zero-order valence-electron chi connectivity index (χ0n) is 9.93. The molecule has 18 heavy (non-hydrogen) atoms. The Morgan fingerprint density at radius 1 is 1.44 bits per heavy atom. The third kappa shape index (κ3) is 5.01.